The van der Waals surface area contributed by atoms with Crippen LogP contribution in [-0.4, -0.2) is 23.7 Å². The quantitative estimate of drug-likeness (QED) is 0.765. The normalized spacial score (nSPS) is 32.1. The Morgan fingerprint density at radius 3 is 2.75 bits per heavy atom. The van der Waals surface area contributed by atoms with E-state index in [1.165, 1.54) is 12.8 Å². The van der Waals surface area contributed by atoms with Crippen LogP contribution in [0.2, 0.25) is 0 Å². The van der Waals surface area contributed by atoms with Crippen LogP contribution in [0.4, 0.5) is 0 Å². The maximum atomic E-state index is 11.8. The van der Waals surface area contributed by atoms with Gasteiger partial charge in [-0.3, -0.25) is 4.79 Å². The van der Waals surface area contributed by atoms with E-state index in [1.54, 1.807) is 0 Å². The van der Waals surface area contributed by atoms with Crippen LogP contribution in [0, 0.1) is 17.8 Å². The molecule has 2 saturated carbocycles. The molecule has 3 nitrogen and oxygen atoms in total. The van der Waals surface area contributed by atoms with Crippen molar-refractivity contribution in [2.24, 2.45) is 17.8 Å². The molecule has 3 heteroatoms. The monoisotopic (exact) mass is 225 g/mol. The highest BCUT2D eigenvalue weighted by Crippen LogP contribution is 2.36. The van der Waals surface area contributed by atoms with E-state index in [9.17, 15) is 9.90 Å². The van der Waals surface area contributed by atoms with Gasteiger partial charge >= 0.3 is 0 Å². The fourth-order valence-corrected chi connectivity index (χ4v) is 2.66. The van der Waals surface area contributed by atoms with Gasteiger partial charge in [0.1, 0.15) is 0 Å². The number of amides is 1. The van der Waals surface area contributed by atoms with Crippen molar-refractivity contribution >= 4 is 5.91 Å². The summed E-state index contributed by atoms with van der Waals surface area (Å²) in [5.74, 6) is 1.52. The maximum Gasteiger partial charge on any atom is 0.223 e. The Morgan fingerprint density at radius 1 is 1.38 bits per heavy atom. The van der Waals surface area contributed by atoms with Crippen molar-refractivity contribution < 1.29 is 9.90 Å². The van der Waals surface area contributed by atoms with Gasteiger partial charge in [0.25, 0.3) is 0 Å². The second-order valence-electron chi connectivity index (χ2n) is 5.56. The second-order valence-corrected chi connectivity index (χ2v) is 5.56. The first-order chi connectivity index (χ1) is 7.66. The van der Waals surface area contributed by atoms with Crippen LogP contribution in [-0.2, 0) is 4.79 Å². The molecule has 3 unspecified atom stereocenters. The van der Waals surface area contributed by atoms with Crippen LogP contribution >= 0.6 is 0 Å². The van der Waals surface area contributed by atoms with E-state index in [0.717, 1.165) is 32.2 Å². The van der Waals surface area contributed by atoms with Crippen LogP contribution in [0.3, 0.4) is 0 Å². The number of aliphatic hydroxyl groups excluding tert-OH is 1. The van der Waals surface area contributed by atoms with E-state index in [2.05, 4.69) is 5.32 Å². The highest BCUT2D eigenvalue weighted by atomic mass is 16.3. The van der Waals surface area contributed by atoms with Crippen molar-refractivity contribution in [2.75, 3.05) is 6.54 Å². The molecule has 2 aliphatic carbocycles. The third-order valence-corrected chi connectivity index (χ3v) is 4.06. The number of carbonyl (C=O) groups excluding carboxylic acids is 1. The Bertz CT molecular complexity index is 250. The molecule has 2 aliphatic rings. The first-order valence-corrected chi connectivity index (χ1v) is 6.62. The lowest BCUT2D eigenvalue weighted by Gasteiger charge is -2.26. The largest absolute Gasteiger partial charge is 0.393 e. The number of carbonyl (C=O) groups is 1. The molecule has 1 amide bonds. The zero-order valence-electron chi connectivity index (χ0n) is 10.1. The molecule has 2 N–H and O–H groups in total. The lowest BCUT2D eigenvalue weighted by atomic mass is 9.87. The SMILES string of the molecule is CC(C(=O)NCC1CCCC(O)C1)C1CC1. The molecule has 2 fully saturated rings. The molecule has 2 rings (SSSR count). The van der Waals surface area contributed by atoms with Gasteiger partial charge in [-0.05, 0) is 43.9 Å². The molecule has 92 valence electrons. The van der Waals surface area contributed by atoms with E-state index in [4.69, 9.17) is 0 Å². The van der Waals surface area contributed by atoms with Crippen LogP contribution in [0.15, 0.2) is 0 Å². The average molecular weight is 225 g/mol. The molecule has 0 radical (unpaired) electrons. The van der Waals surface area contributed by atoms with Crippen molar-refractivity contribution in [1.82, 2.24) is 5.32 Å². The molecule has 0 aromatic carbocycles. The molecule has 0 aromatic rings. The van der Waals surface area contributed by atoms with Crippen molar-refractivity contribution in [3.63, 3.8) is 0 Å². The number of rotatable bonds is 4. The summed E-state index contributed by atoms with van der Waals surface area (Å²) in [6, 6.07) is 0. The van der Waals surface area contributed by atoms with Gasteiger partial charge in [-0.1, -0.05) is 13.3 Å². The Balaban J connectivity index is 1.67. The third-order valence-electron chi connectivity index (χ3n) is 4.06. The van der Waals surface area contributed by atoms with E-state index in [1.807, 2.05) is 6.92 Å². The molecule has 0 aromatic heterocycles. The van der Waals surface area contributed by atoms with Gasteiger partial charge in [0.05, 0.1) is 6.10 Å². The Hall–Kier alpha value is -0.570. The predicted octanol–water partition coefficient (Wildman–Crippen LogP) is 1.70. The number of hydrogen-bond donors (Lipinski definition) is 2. The highest BCUT2D eigenvalue weighted by molar-refractivity contribution is 5.78. The molecular formula is C13H23NO2. The van der Waals surface area contributed by atoms with Gasteiger partial charge in [-0.2, -0.15) is 0 Å². The van der Waals surface area contributed by atoms with E-state index >= 15 is 0 Å². The zero-order valence-corrected chi connectivity index (χ0v) is 10.1. The topological polar surface area (TPSA) is 49.3 Å². The van der Waals surface area contributed by atoms with Crippen molar-refractivity contribution in [3.05, 3.63) is 0 Å². The fraction of sp³-hybridized carbons (Fsp3) is 0.923. The van der Waals surface area contributed by atoms with E-state index in [0.29, 0.717) is 11.8 Å². The number of aliphatic hydroxyl groups is 1. The summed E-state index contributed by atoms with van der Waals surface area (Å²) in [5.41, 5.74) is 0. The maximum absolute atomic E-state index is 11.8. The summed E-state index contributed by atoms with van der Waals surface area (Å²) in [6.07, 6.45) is 6.33. The third kappa shape index (κ3) is 3.21. The minimum Gasteiger partial charge on any atom is -0.393 e. The minimum atomic E-state index is -0.142. The molecule has 0 heterocycles. The van der Waals surface area contributed by atoms with Crippen LogP contribution in [0.1, 0.15) is 45.4 Å². The number of hydrogen-bond acceptors (Lipinski definition) is 2. The summed E-state index contributed by atoms with van der Waals surface area (Å²) >= 11 is 0. The van der Waals surface area contributed by atoms with Crippen molar-refractivity contribution in [3.8, 4) is 0 Å². The summed E-state index contributed by atoms with van der Waals surface area (Å²) in [6.45, 7) is 2.79. The van der Waals surface area contributed by atoms with E-state index < -0.39 is 0 Å². The summed E-state index contributed by atoms with van der Waals surface area (Å²) in [5, 5.41) is 12.6. The molecular weight excluding hydrogens is 202 g/mol. The second kappa shape index (κ2) is 5.17. The highest BCUT2D eigenvalue weighted by Gasteiger charge is 2.32. The molecule has 0 aliphatic heterocycles. The van der Waals surface area contributed by atoms with Crippen LogP contribution in [0.5, 0.6) is 0 Å². The van der Waals surface area contributed by atoms with E-state index in [-0.39, 0.29) is 17.9 Å². The number of nitrogens with one attached hydrogen (secondary N) is 1. The summed E-state index contributed by atoms with van der Waals surface area (Å²) < 4.78 is 0. The van der Waals surface area contributed by atoms with Gasteiger partial charge < -0.3 is 10.4 Å². The lowest BCUT2D eigenvalue weighted by molar-refractivity contribution is -0.125. The minimum absolute atomic E-state index is 0.142. The van der Waals surface area contributed by atoms with Crippen LogP contribution in [0.25, 0.3) is 0 Å². The van der Waals surface area contributed by atoms with Gasteiger partial charge in [-0.25, -0.2) is 0 Å². The summed E-state index contributed by atoms with van der Waals surface area (Å²) in [4.78, 5) is 11.8. The smallest absolute Gasteiger partial charge is 0.223 e. The van der Waals surface area contributed by atoms with Gasteiger partial charge in [0.2, 0.25) is 5.91 Å². The Morgan fingerprint density at radius 2 is 2.12 bits per heavy atom. The average Bonchev–Trinajstić information content (AvgIpc) is 3.09. The van der Waals surface area contributed by atoms with Crippen molar-refractivity contribution in [2.45, 2.75) is 51.6 Å². The molecule has 0 saturated heterocycles. The van der Waals surface area contributed by atoms with Crippen molar-refractivity contribution in [1.29, 1.82) is 0 Å². The van der Waals surface area contributed by atoms with Crippen LogP contribution < -0.4 is 5.32 Å². The van der Waals surface area contributed by atoms with Gasteiger partial charge in [-0.15, -0.1) is 0 Å². The predicted molar refractivity (Wildman–Crippen MR) is 62.9 cm³/mol. The standard InChI is InChI=1S/C13H23NO2/c1-9(11-5-6-11)13(16)14-8-10-3-2-4-12(15)7-10/h9-12,15H,2-8H2,1H3,(H,14,16). The lowest BCUT2D eigenvalue weighted by Crippen LogP contribution is -2.36. The Labute approximate surface area is 97.6 Å². The first kappa shape index (κ1) is 11.9. The molecule has 3 atom stereocenters. The summed E-state index contributed by atoms with van der Waals surface area (Å²) in [7, 11) is 0. The fourth-order valence-electron chi connectivity index (χ4n) is 2.66. The first-order valence-electron chi connectivity index (χ1n) is 6.62. The Kier molecular flexibility index (Phi) is 3.85. The van der Waals surface area contributed by atoms with Gasteiger partial charge in [0.15, 0.2) is 0 Å². The molecule has 0 bridgehead atoms. The zero-order chi connectivity index (χ0) is 11.5. The van der Waals surface area contributed by atoms with Gasteiger partial charge in [0, 0.05) is 12.5 Å². The molecule has 16 heavy (non-hydrogen) atoms. The molecule has 0 spiro atoms.